The van der Waals surface area contributed by atoms with E-state index in [2.05, 4.69) is 11.1 Å². The van der Waals surface area contributed by atoms with Gasteiger partial charge in [-0.3, -0.25) is 9.20 Å². The Labute approximate surface area is 172 Å². The fourth-order valence-electron chi connectivity index (χ4n) is 3.88. The van der Waals surface area contributed by atoms with Crippen molar-refractivity contribution in [3.8, 4) is 0 Å². The first-order chi connectivity index (χ1) is 14.6. The molecule has 0 aliphatic rings. The predicted molar refractivity (Wildman–Crippen MR) is 117 cm³/mol. The smallest absolute Gasteiger partial charge is 0.339 e. The van der Waals surface area contributed by atoms with E-state index < -0.39 is 5.97 Å². The number of rotatable bonds is 3. The van der Waals surface area contributed by atoms with Crippen LogP contribution in [0.4, 0.5) is 0 Å². The lowest BCUT2D eigenvalue weighted by Gasteiger charge is -2.12. The van der Waals surface area contributed by atoms with Crippen LogP contribution in [0, 0.1) is 6.92 Å². The first kappa shape index (κ1) is 18.1. The van der Waals surface area contributed by atoms with E-state index in [9.17, 15) is 9.59 Å². The highest BCUT2D eigenvalue weighted by atomic mass is 16.5. The summed E-state index contributed by atoms with van der Waals surface area (Å²) >= 11 is 0. The molecule has 30 heavy (non-hydrogen) atoms. The van der Waals surface area contributed by atoms with E-state index in [0.717, 1.165) is 27.2 Å². The second-order valence-electron chi connectivity index (χ2n) is 7.22. The average molecular weight is 394 g/mol. The van der Waals surface area contributed by atoms with Crippen LogP contribution in [0.15, 0.2) is 83.7 Å². The van der Waals surface area contributed by atoms with E-state index in [1.54, 1.807) is 6.07 Å². The van der Waals surface area contributed by atoms with Gasteiger partial charge in [-0.2, -0.15) is 0 Å². The highest BCUT2D eigenvalue weighted by molar-refractivity contribution is 6.16. The summed E-state index contributed by atoms with van der Waals surface area (Å²) in [4.78, 5) is 30.1. The van der Waals surface area contributed by atoms with Crippen molar-refractivity contribution in [2.75, 3.05) is 0 Å². The molecular weight excluding hydrogens is 376 g/mol. The Morgan fingerprint density at radius 3 is 2.27 bits per heavy atom. The van der Waals surface area contributed by atoms with Crippen LogP contribution in [0.25, 0.3) is 27.2 Å². The maximum Gasteiger partial charge on any atom is 0.339 e. The Morgan fingerprint density at radius 2 is 1.57 bits per heavy atom. The zero-order chi connectivity index (χ0) is 20.7. The van der Waals surface area contributed by atoms with E-state index in [1.165, 1.54) is 10.5 Å². The van der Waals surface area contributed by atoms with Crippen LogP contribution in [0.3, 0.4) is 0 Å². The van der Waals surface area contributed by atoms with Crippen molar-refractivity contribution in [2.24, 2.45) is 0 Å². The van der Waals surface area contributed by atoms with Gasteiger partial charge in [-0.05, 0) is 46.7 Å². The van der Waals surface area contributed by atoms with Crippen molar-refractivity contribution in [1.82, 2.24) is 9.38 Å². The molecule has 0 atom stereocenters. The molecule has 0 radical (unpaired) electrons. The molecule has 5 heteroatoms. The molecule has 0 amide bonds. The number of nitrogens with zero attached hydrogens (tertiary/aromatic N) is 2. The van der Waals surface area contributed by atoms with Crippen LogP contribution in [0.2, 0.25) is 0 Å². The van der Waals surface area contributed by atoms with Crippen LogP contribution in [0.1, 0.15) is 21.7 Å². The lowest BCUT2D eigenvalue weighted by atomic mass is 9.97. The third-order valence-corrected chi connectivity index (χ3v) is 5.26. The lowest BCUT2D eigenvalue weighted by molar-refractivity contribution is 0.0472. The molecule has 0 aliphatic carbocycles. The predicted octanol–water partition coefficient (Wildman–Crippen LogP) is 4.67. The number of ether oxygens (including phenoxy) is 1. The molecular formula is C25H18N2O3. The highest BCUT2D eigenvalue weighted by Gasteiger charge is 2.17. The molecule has 2 heterocycles. The summed E-state index contributed by atoms with van der Waals surface area (Å²) in [6, 6.07) is 24.4. The van der Waals surface area contributed by atoms with Gasteiger partial charge in [0, 0.05) is 11.8 Å². The molecule has 0 unspecified atom stereocenters. The standard InChI is InChI=1S/C25H18N2O3/c1-16-7-6-12-22-26-19(14-23(28)27(16)22)15-30-25(29)24-20-10-4-2-8-17(20)13-18-9-3-5-11-21(18)24/h2-14H,15H2,1H3. The third kappa shape index (κ3) is 3.01. The summed E-state index contributed by atoms with van der Waals surface area (Å²) in [5, 5.41) is 3.62. The molecule has 0 saturated carbocycles. The number of aryl methyl sites for hydroxylation is 1. The first-order valence-corrected chi connectivity index (χ1v) is 9.68. The van der Waals surface area contributed by atoms with Gasteiger partial charge < -0.3 is 4.74 Å². The van der Waals surface area contributed by atoms with Gasteiger partial charge in [0.1, 0.15) is 12.3 Å². The third-order valence-electron chi connectivity index (χ3n) is 5.26. The molecule has 0 saturated heterocycles. The van der Waals surface area contributed by atoms with Gasteiger partial charge >= 0.3 is 5.97 Å². The maximum atomic E-state index is 13.1. The van der Waals surface area contributed by atoms with Gasteiger partial charge in [0.25, 0.3) is 5.56 Å². The minimum atomic E-state index is -0.436. The molecule has 0 spiro atoms. The van der Waals surface area contributed by atoms with Crippen molar-refractivity contribution < 1.29 is 9.53 Å². The number of carbonyl (C=O) groups excluding carboxylic acids is 1. The summed E-state index contributed by atoms with van der Waals surface area (Å²) in [5.74, 6) is -0.436. The second-order valence-corrected chi connectivity index (χ2v) is 7.22. The first-order valence-electron chi connectivity index (χ1n) is 9.68. The summed E-state index contributed by atoms with van der Waals surface area (Å²) < 4.78 is 7.15. The van der Waals surface area contributed by atoms with E-state index >= 15 is 0 Å². The van der Waals surface area contributed by atoms with E-state index in [-0.39, 0.29) is 12.2 Å². The largest absolute Gasteiger partial charge is 0.456 e. The number of fused-ring (bicyclic) bond motifs is 3. The summed E-state index contributed by atoms with van der Waals surface area (Å²) in [6.07, 6.45) is 0. The van der Waals surface area contributed by atoms with Crippen molar-refractivity contribution in [1.29, 1.82) is 0 Å². The van der Waals surface area contributed by atoms with Crippen molar-refractivity contribution in [2.45, 2.75) is 13.5 Å². The van der Waals surface area contributed by atoms with E-state index in [1.807, 2.05) is 67.6 Å². The van der Waals surface area contributed by atoms with Gasteiger partial charge in [0.2, 0.25) is 0 Å². The molecule has 5 rings (SSSR count). The van der Waals surface area contributed by atoms with Gasteiger partial charge in [0.05, 0.1) is 11.3 Å². The van der Waals surface area contributed by atoms with Gasteiger partial charge in [-0.1, -0.05) is 54.6 Å². The molecule has 0 N–H and O–H groups in total. The number of pyridine rings is 1. The minimum Gasteiger partial charge on any atom is -0.456 e. The molecule has 146 valence electrons. The molecule has 5 aromatic rings. The summed E-state index contributed by atoms with van der Waals surface area (Å²) in [6.45, 7) is 1.78. The van der Waals surface area contributed by atoms with Crippen molar-refractivity contribution in [3.63, 3.8) is 0 Å². The summed E-state index contributed by atoms with van der Waals surface area (Å²) in [5.41, 5.74) is 2.08. The second kappa shape index (κ2) is 7.12. The molecule has 2 aromatic heterocycles. The maximum absolute atomic E-state index is 13.1. The van der Waals surface area contributed by atoms with Crippen LogP contribution in [0.5, 0.6) is 0 Å². The van der Waals surface area contributed by atoms with Crippen molar-refractivity contribution >= 4 is 33.2 Å². The number of hydrogen-bond acceptors (Lipinski definition) is 4. The lowest BCUT2D eigenvalue weighted by Crippen LogP contribution is -2.18. The Bertz CT molecular complexity index is 1450. The Kier molecular flexibility index (Phi) is 4.29. The molecule has 0 fully saturated rings. The summed E-state index contributed by atoms with van der Waals surface area (Å²) in [7, 11) is 0. The van der Waals surface area contributed by atoms with Gasteiger partial charge in [0.15, 0.2) is 0 Å². The SMILES string of the molecule is Cc1cccc2nc(COC(=O)c3c4ccccc4cc4ccccc34)cc(=O)n12. The number of hydrogen-bond donors (Lipinski definition) is 0. The van der Waals surface area contributed by atoms with Crippen LogP contribution in [-0.4, -0.2) is 15.4 Å². The number of aromatic nitrogens is 2. The minimum absolute atomic E-state index is 0.0733. The van der Waals surface area contributed by atoms with Crippen LogP contribution >= 0.6 is 0 Å². The molecule has 3 aromatic carbocycles. The zero-order valence-corrected chi connectivity index (χ0v) is 16.3. The Morgan fingerprint density at radius 1 is 0.900 bits per heavy atom. The average Bonchev–Trinajstić information content (AvgIpc) is 2.75. The monoisotopic (exact) mass is 394 g/mol. The number of carbonyl (C=O) groups is 1. The highest BCUT2D eigenvalue weighted by Crippen LogP contribution is 2.29. The fourth-order valence-corrected chi connectivity index (χ4v) is 3.88. The van der Waals surface area contributed by atoms with E-state index in [0.29, 0.717) is 16.9 Å². The Hall–Kier alpha value is -3.99. The van der Waals surface area contributed by atoms with Gasteiger partial charge in [-0.25, -0.2) is 9.78 Å². The topological polar surface area (TPSA) is 60.7 Å². The van der Waals surface area contributed by atoms with Gasteiger partial charge in [-0.15, -0.1) is 0 Å². The normalized spacial score (nSPS) is 11.2. The fraction of sp³-hybridized carbons (Fsp3) is 0.0800. The van der Waals surface area contributed by atoms with Crippen molar-refractivity contribution in [3.05, 3.63) is 106 Å². The number of benzene rings is 3. The molecule has 0 aliphatic heterocycles. The number of esters is 1. The molecule has 5 nitrogen and oxygen atoms in total. The van der Waals surface area contributed by atoms with Crippen LogP contribution < -0.4 is 5.56 Å². The van der Waals surface area contributed by atoms with E-state index in [4.69, 9.17) is 4.74 Å². The van der Waals surface area contributed by atoms with Crippen LogP contribution in [-0.2, 0) is 11.3 Å². The zero-order valence-electron chi connectivity index (χ0n) is 16.3. The molecule has 0 bridgehead atoms. The quantitative estimate of drug-likeness (QED) is 0.330. The Balaban J connectivity index is 1.54.